The van der Waals surface area contributed by atoms with E-state index in [1.807, 2.05) is 6.07 Å². The topological polar surface area (TPSA) is 70.7 Å². The van der Waals surface area contributed by atoms with E-state index in [-0.39, 0.29) is 23.6 Å². The molecule has 5 nitrogen and oxygen atoms in total. The number of hydrogen-bond donors (Lipinski definition) is 1. The SMILES string of the molecule is N#Cc1cc(NC(=O)Cc2ccccc2Cl)ccc1-n1cc(C(F)(F)F)cn1. The third kappa shape index (κ3) is 4.32. The first-order valence-electron chi connectivity index (χ1n) is 7.97. The number of alkyl halides is 3. The zero-order valence-electron chi connectivity index (χ0n) is 14.2. The highest BCUT2D eigenvalue weighted by Gasteiger charge is 2.32. The molecule has 1 heterocycles. The molecule has 1 N–H and O–H groups in total. The summed E-state index contributed by atoms with van der Waals surface area (Å²) in [5, 5.41) is 16.1. The highest BCUT2D eigenvalue weighted by Crippen LogP contribution is 2.30. The summed E-state index contributed by atoms with van der Waals surface area (Å²) < 4.78 is 39.2. The molecule has 2 aromatic carbocycles. The second kappa shape index (κ2) is 7.74. The Morgan fingerprint density at radius 1 is 1.25 bits per heavy atom. The Bertz CT molecular complexity index is 1070. The number of nitrogens with zero attached hydrogens (tertiary/aromatic N) is 3. The zero-order valence-corrected chi connectivity index (χ0v) is 14.9. The second-order valence-corrected chi connectivity index (χ2v) is 6.24. The third-order valence-corrected chi connectivity index (χ3v) is 4.24. The van der Waals surface area contributed by atoms with E-state index in [9.17, 15) is 23.2 Å². The van der Waals surface area contributed by atoms with Crippen LogP contribution in [0.25, 0.3) is 5.69 Å². The van der Waals surface area contributed by atoms with Crippen molar-refractivity contribution in [3.8, 4) is 11.8 Å². The van der Waals surface area contributed by atoms with E-state index in [2.05, 4.69) is 10.4 Å². The summed E-state index contributed by atoms with van der Waals surface area (Å²) in [6, 6.07) is 13.1. The Morgan fingerprint density at radius 2 is 2.00 bits per heavy atom. The number of carbonyl (C=O) groups excluding carboxylic acids is 1. The van der Waals surface area contributed by atoms with Crippen molar-refractivity contribution in [2.75, 3.05) is 5.32 Å². The van der Waals surface area contributed by atoms with Gasteiger partial charge in [0.2, 0.25) is 5.91 Å². The normalized spacial score (nSPS) is 11.1. The Kier molecular flexibility index (Phi) is 5.38. The van der Waals surface area contributed by atoms with Crippen LogP contribution in [0.5, 0.6) is 0 Å². The average molecular weight is 405 g/mol. The van der Waals surface area contributed by atoms with Crippen LogP contribution in [-0.4, -0.2) is 15.7 Å². The second-order valence-electron chi connectivity index (χ2n) is 5.83. The largest absolute Gasteiger partial charge is 0.419 e. The van der Waals surface area contributed by atoms with E-state index in [4.69, 9.17) is 11.6 Å². The van der Waals surface area contributed by atoms with Gasteiger partial charge >= 0.3 is 6.18 Å². The van der Waals surface area contributed by atoms with E-state index in [1.54, 1.807) is 24.3 Å². The van der Waals surface area contributed by atoms with Crippen molar-refractivity contribution < 1.29 is 18.0 Å². The standard InChI is InChI=1S/C19H12ClF3N4O/c20-16-4-2-1-3-12(16)8-18(28)26-15-5-6-17(13(7-15)9-24)27-11-14(10-25-27)19(21,22)23/h1-7,10-11H,8H2,(H,26,28). The number of anilines is 1. The number of nitrogens with one attached hydrogen (secondary N) is 1. The van der Waals surface area contributed by atoms with Gasteiger partial charge in [0.05, 0.1) is 29.4 Å². The lowest BCUT2D eigenvalue weighted by Gasteiger charge is -2.09. The average Bonchev–Trinajstić information content (AvgIpc) is 3.14. The van der Waals surface area contributed by atoms with Gasteiger partial charge in [0.25, 0.3) is 0 Å². The summed E-state index contributed by atoms with van der Waals surface area (Å²) in [6.45, 7) is 0. The van der Waals surface area contributed by atoms with Crippen LogP contribution in [0, 0.1) is 11.3 Å². The van der Waals surface area contributed by atoms with Crippen LogP contribution in [0.1, 0.15) is 16.7 Å². The lowest BCUT2D eigenvalue weighted by Crippen LogP contribution is -2.15. The van der Waals surface area contributed by atoms with Gasteiger partial charge in [0.1, 0.15) is 6.07 Å². The van der Waals surface area contributed by atoms with Crippen molar-refractivity contribution in [3.63, 3.8) is 0 Å². The van der Waals surface area contributed by atoms with Crippen LogP contribution in [0.2, 0.25) is 5.02 Å². The molecule has 0 aliphatic carbocycles. The molecule has 1 amide bonds. The highest BCUT2D eigenvalue weighted by atomic mass is 35.5. The number of carbonyl (C=O) groups is 1. The van der Waals surface area contributed by atoms with Crippen LogP contribution in [-0.2, 0) is 17.4 Å². The van der Waals surface area contributed by atoms with Crippen molar-refractivity contribution in [2.24, 2.45) is 0 Å². The summed E-state index contributed by atoms with van der Waals surface area (Å²) in [5.41, 5.74) is 0.290. The molecular weight excluding hydrogens is 393 g/mol. The quantitative estimate of drug-likeness (QED) is 0.691. The molecular formula is C19H12ClF3N4O. The van der Waals surface area contributed by atoms with Gasteiger partial charge in [0, 0.05) is 16.9 Å². The number of hydrogen-bond acceptors (Lipinski definition) is 3. The van der Waals surface area contributed by atoms with Crippen LogP contribution in [0.3, 0.4) is 0 Å². The Labute approximate surface area is 163 Å². The van der Waals surface area contributed by atoms with Crippen molar-refractivity contribution >= 4 is 23.2 Å². The van der Waals surface area contributed by atoms with Gasteiger partial charge in [-0.1, -0.05) is 29.8 Å². The van der Waals surface area contributed by atoms with E-state index >= 15 is 0 Å². The van der Waals surface area contributed by atoms with Gasteiger partial charge in [-0.3, -0.25) is 4.79 Å². The van der Waals surface area contributed by atoms with Crippen LogP contribution in [0.4, 0.5) is 18.9 Å². The number of amides is 1. The first-order chi connectivity index (χ1) is 13.3. The Morgan fingerprint density at radius 3 is 2.64 bits per heavy atom. The van der Waals surface area contributed by atoms with Crippen molar-refractivity contribution in [1.82, 2.24) is 9.78 Å². The third-order valence-electron chi connectivity index (χ3n) is 3.87. The molecule has 3 rings (SSSR count). The van der Waals surface area contributed by atoms with Crippen LogP contribution < -0.4 is 5.32 Å². The first kappa shape index (κ1) is 19.5. The van der Waals surface area contributed by atoms with Crippen LogP contribution in [0.15, 0.2) is 54.9 Å². The minimum atomic E-state index is -4.53. The van der Waals surface area contributed by atoms with Crippen molar-refractivity contribution in [2.45, 2.75) is 12.6 Å². The number of benzene rings is 2. The maximum absolute atomic E-state index is 12.7. The molecule has 0 atom stereocenters. The Balaban J connectivity index is 1.80. The zero-order chi connectivity index (χ0) is 20.3. The predicted octanol–water partition coefficient (Wildman–Crippen LogP) is 4.60. The smallest absolute Gasteiger partial charge is 0.326 e. The lowest BCUT2D eigenvalue weighted by molar-refractivity contribution is -0.137. The van der Waals surface area contributed by atoms with Gasteiger partial charge in [-0.05, 0) is 29.8 Å². The molecule has 0 fully saturated rings. The number of nitriles is 1. The molecule has 0 spiro atoms. The lowest BCUT2D eigenvalue weighted by atomic mass is 10.1. The minimum absolute atomic E-state index is 0.0391. The van der Waals surface area contributed by atoms with Gasteiger partial charge < -0.3 is 5.32 Å². The molecule has 28 heavy (non-hydrogen) atoms. The van der Waals surface area contributed by atoms with E-state index in [0.717, 1.165) is 10.9 Å². The van der Waals surface area contributed by atoms with Crippen molar-refractivity contribution in [3.05, 3.63) is 76.6 Å². The maximum atomic E-state index is 12.7. The molecule has 1 aromatic heterocycles. The molecule has 0 saturated carbocycles. The number of rotatable bonds is 4. The predicted molar refractivity (Wildman–Crippen MR) is 97.1 cm³/mol. The summed E-state index contributed by atoms with van der Waals surface area (Å²) in [5.74, 6) is -0.344. The summed E-state index contributed by atoms with van der Waals surface area (Å²) >= 11 is 6.03. The van der Waals surface area contributed by atoms with E-state index in [1.165, 1.54) is 18.2 Å². The molecule has 9 heteroatoms. The van der Waals surface area contributed by atoms with Crippen LogP contribution >= 0.6 is 11.6 Å². The summed E-state index contributed by atoms with van der Waals surface area (Å²) in [6.07, 6.45) is -3.01. The fourth-order valence-corrected chi connectivity index (χ4v) is 2.73. The fourth-order valence-electron chi connectivity index (χ4n) is 2.52. The number of aromatic nitrogens is 2. The molecule has 0 unspecified atom stereocenters. The maximum Gasteiger partial charge on any atom is 0.419 e. The summed E-state index contributed by atoms with van der Waals surface area (Å²) in [4.78, 5) is 12.2. The molecule has 0 radical (unpaired) electrons. The monoisotopic (exact) mass is 404 g/mol. The number of halogens is 4. The first-order valence-corrected chi connectivity index (χ1v) is 8.35. The molecule has 0 saturated heterocycles. The van der Waals surface area contributed by atoms with E-state index in [0.29, 0.717) is 22.5 Å². The molecule has 0 aliphatic heterocycles. The van der Waals surface area contributed by atoms with Gasteiger partial charge in [-0.2, -0.15) is 23.5 Å². The molecule has 0 bridgehead atoms. The van der Waals surface area contributed by atoms with E-state index < -0.39 is 11.7 Å². The van der Waals surface area contributed by atoms with Gasteiger partial charge in [0.15, 0.2) is 0 Å². The van der Waals surface area contributed by atoms with Crippen molar-refractivity contribution in [1.29, 1.82) is 5.26 Å². The molecule has 3 aromatic rings. The molecule has 142 valence electrons. The molecule has 0 aliphatic rings. The van der Waals surface area contributed by atoms with Gasteiger partial charge in [-0.25, -0.2) is 4.68 Å². The summed E-state index contributed by atoms with van der Waals surface area (Å²) in [7, 11) is 0. The highest BCUT2D eigenvalue weighted by molar-refractivity contribution is 6.31. The van der Waals surface area contributed by atoms with Gasteiger partial charge in [-0.15, -0.1) is 0 Å². The Hall–Kier alpha value is -3.31. The minimum Gasteiger partial charge on any atom is -0.326 e. The fraction of sp³-hybridized carbons (Fsp3) is 0.105.